The lowest BCUT2D eigenvalue weighted by atomic mass is 9.78. The molecule has 1 aromatic heterocycles. The molecule has 0 aromatic carbocycles. The van der Waals surface area contributed by atoms with Crippen LogP contribution in [-0.2, 0) is 4.79 Å². The number of hydrogen-bond acceptors (Lipinski definition) is 4. The Labute approximate surface area is 152 Å². The molecule has 1 aromatic rings. The average molecular weight is 367 g/mol. The summed E-state index contributed by atoms with van der Waals surface area (Å²) in [5, 5.41) is 0. The molecule has 2 saturated heterocycles. The Bertz CT molecular complexity index is 614. The Hall–Kier alpha value is -1.01. The van der Waals surface area contributed by atoms with E-state index in [0.29, 0.717) is 13.1 Å². The van der Waals surface area contributed by atoms with Gasteiger partial charge in [-0.15, -0.1) is 23.1 Å². The van der Waals surface area contributed by atoms with Gasteiger partial charge in [-0.2, -0.15) is 0 Å². The van der Waals surface area contributed by atoms with Gasteiger partial charge in [0.15, 0.2) is 0 Å². The number of nitrogens with zero attached hydrogens (tertiary/aromatic N) is 2. The number of piperidine rings is 1. The largest absolute Gasteiger partial charge is 0.342 e. The van der Waals surface area contributed by atoms with Gasteiger partial charge in [-0.3, -0.25) is 9.59 Å². The number of rotatable bonds is 5. The Morgan fingerprint density at radius 3 is 2.88 bits per heavy atom. The van der Waals surface area contributed by atoms with Crippen molar-refractivity contribution in [2.24, 2.45) is 5.41 Å². The van der Waals surface area contributed by atoms with Gasteiger partial charge in [-0.05, 0) is 43.6 Å². The van der Waals surface area contributed by atoms with E-state index in [-0.39, 0.29) is 17.2 Å². The van der Waals surface area contributed by atoms with E-state index in [1.54, 1.807) is 23.1 Å². The van der Waals surface area contributed by atoms with E-state index in [1.165, 1.54) is 4.21 Å². The van der Waals surface area contributed by atoms with Crippen molar-refractivity contribution in [2.75, 3.05) is 31.9 Å². The van der Waals surface area contributed by atoms with Crippen LogP contribution in [0.1, 0.15) is 49.2 Å². The van der Waals surface area contributed by atoms with Gasteiger partial charge < -0.3 is 9.80 Å². The highest BCUT2D eigenvalue weighted by atomic mass is 32.2. The van der Waals surface area contributed by atoms with E-state index in [0.717, 1.165) is 49.4 Å². The summed E-state index contributed by atoms with van der Waals surface area (Å²) in [4.78, 5) is 30.4. The van der Waals surface area contributed by atoms with E-state index in [2.05, 4.69) is 13.8 Å². The van der Waals surface area contributed by atoms with Crippen molar-refractivity contribution >= 4 is 34.9 Å². The van der Waals surface area contributed by atoms with Gasteiger partial charge in [0.1, 0.15) is 0 Å². The summed E-state index contributed by atoms with van der Waals surface area (Å²) in [6.07, 6.45) is 3.80. The summed E-state index contributed by atoms with van der Waals surface area (Å²) in [6.45, 7) is 7.26. The first kappa shape index (κ1) is 17.8. The predicted octanol–water partition coefficient (Wildman–Crippen LogP) is 3.72. The van der Waals surface area contributed by atoms with Crippen LogP contribution in [0.2, 0.25) is 0 Å². The smallest absolute Gasteiger partial charge is 0.263 e. The summed E-state index contributed by atoms with van der Waals surface area (Å²) in [7, 11) is 0. The molecule has 0 radical (unpaired) electrons. The maximum atomic E-state index is 12.9. The van der Waals surface area contributed by atoms with Gasteiger partial charge in [0.25, 0.3) is 5.91 Å². The van der Waals surface area contributed by atoms with Crippen molar-refractivity contribution in [1.82, 2.24) is 9.80 Å². The molecule has 2 amide bonds. The quantitative estimate of drug-likeness (QED) is 0.746. The fourth-order valence-corrected chi connectivity index (χ4v) is 5.88. The van der Waals surface area contributed by atoms with E-state index >= 15 is 0 Å². The molecule has 3 rings (SSSR count). The second-order valence-corrected chi connectivity index (χ2v) is 9.35. The number of thiophene rings is 1. The number of amides is 2. The van der Waals surface area contributed by atoms with Crippen LogP contribution in [-0.4, -0.2) is 53.5 Å². The Morgan fingerprint density at radius 1 is 1.29 bits per heavy atom. The van der Waals surface area contributed by atoms with Crippen LogP contribution in [0.5, 0.6) is 0 Å². The van der Waals surface area contributed by atoms with Crippen molar-refractivity contribution in [3.8, 4) is 0 Å². The minimum atomic E-state index is -0.318. The fraction of sp³-hybridized carbons (Fsp3) is 0.667. The molecule has 1 spiro atoms. The minimum Gasteiger partial charge on any atom is -0.342 e. The third-order valence-corrected chi connectivity index (χ3v) is 7.22. The van der Waals surface area contributed by atoms with Crippen LogP contribution in [0.15, 0.2) is 16.3 Å². The SMILES string of the molecule is CCCN1CCC[C@]2(CCN(C(=O)c3ccc(SCC)s3)C2)C1=O. The van der Waals surface area contributed by atoms with E-state index in [9.17, 15) is 9.59 Å². The molecule has 0 aliphatic carbocycles. The van der Waals surface area contributed by atoms with Crippen molar-refractivity contribution < 1.29 is 9.59 Å². The van der Waals surface area contributed by atoms with E-state index < -0.39 is 0 Å². The molecule has 6 heteroatoms. The van der Waals surface area contributed by atoms with Crippen LogP contribution < -0.4 is 0 Å². The van der Waals surface area contributed by atoms with Gasteiger partial charge in [0, 0.05) is 26.2 Å². The topological polar surface area (TPSA) is 40.6 Å². The van der Waals surface area contributed by atoms with Crippen molar-refractivity contribution in [1.29, 1.82) is 0 Å². The number of thioether (sulfide) groups is 1. The van der Waals surface area contributed by atoms with Crippen LogP contribution in [0, 0.1) is 5.41 Å². The molecular formula is C18H26N2O2S2. The highest BCUT2D eigenvalue weighted by molar-refractivity contribution is 8.01. The zero-order valence-corrected chi connectivity index (χ0v) is 16.2. The molecule has 0 saturated carbocycles. The minimum absolute atomic E-state index is 0.0974. The van der Waals surface area contributed by atoms with Crippen molar-refractivity contribution in [2.45, 2.75) is 43.7 Å². The monoisotopic (exact) mass is 366 g/mol. The first-order chi connectivity index (χ1) is 11.6. The summed E-state index contributed by atoms with van der Waals surface area (Å²) in [5.74, 6) is 1.39. The molecule has 2 aliphatic heterocycles. The maximum absolute atomic E-state index is 12.9. The van der Waals surface area contributed by atoms with E-state index in [4.69, 9.17) is 0 Å². The summed E-state index contributed by atoms with van der Waals surface area (Å²) in [6, 6.07) is 3.97. The van der Waals surface area contributed by atoms with Crippen LogP contribution in [0.4, 0.5) is 0 Å². The van der Waals surface area contributed by atoms with Gasteiger partial charge in [-0.25, -0.2) is 0 Å². The molecule has 2 aliphatic rings. The fourth-order valence-electron chi connectivity index (χ4n) is 3.87. The van der Waals surface area contributed by atoms with Crippen LogP contribution in [0.25, 0.3) is 0 Å². The highest BCUT2D eigenvalue weighted by Crippen LogP contribution is 2.41. The van der Waals surface area contributed by atoms with E-state index in [1.807, 2.05) is 21.9 Å². The first-order valence-electron chi connectivity index (χ1n) is 8.91. The number of hydrogen-bond donors (Lipinski definition) is 0. The Balaban J connectivity index is 1.69. The van der Waals surface area contributed by atoms with Gasteiger partial charge >= 0.3 is 0 Å². The summed E-state index contributed by atoms with van der Waals surface area (Å²) < 4.78 is 1.19. The average Bonchev–Trinajstić information content (AvgIpc) is 3.20. The van der Waals surface area contributed by atoms with Crippen molar-refractivity contribution in [3.63, 3.8) is 0 Å². The zero-order valence-electron chi connectivity index (χ0n) is 14.5. The van der Waals surface area contributed by atoms with Gasteiger partial charge in [-0.1, -0.05) is 13.8 Å². The standard InChI is InChI=1S/C18H26N2O2S2/c1-3-10-19-11-5-8-18(17(19)22)9-12-20(13-18)16(21)14-6-7-15(24-14)23-4-2/h6-7H,3-5,8-13H2,1-2H3/t18-/m1/s1. The lowest BCUT2D eigenvalue weighted by Crippen LogP contribution is -2.50. The zero-order chi connectivity index (χ0) is 17.2. The molecule has 0 bridgehead atoms. The molecule has 24 heavy (non-hydrogen) atoms. The summed E-state index contributed by atoms with van der Waals surface area (Å²) >= 11 is 3.34. The normalized spacial score (nSPS) is 24.2. The van der Waals surface area contributed by atoms with Crippen LogP contribution in [0.3, 0.4) is 0 Å². The third-order valence-electron chi connectivity index (χ3n) is 5.04. The highest BCUT2D eigenvalue weighted by Gasteiger charge is 2.49. The summed E-state index contributed by atoms with van der Waals surface area (Å²) in [5.41, 5.74) is -0.318. The first-order valence-corrected chi connectivity index (χ1v) is 10.7. The second-order valence-electron chi connectivity index (χ2n) is 6.70. The number of likely N-dealkylation sites (tertiary alicyclic amines) is 2. The van der Waals surface area contributed by atoms with Crippen molar-refractivity contribution in [3.05, 3.63) is 17.0 Å². The maximum Gasteiger partial charge on any atom is 0.263 e. The lowest BCUT2D eigenvalue weighted by Gasteiger charge is -2.39. The Kier molecular flexibility index (Phi) is 5.55. The van der Waals surface area contributed by atoms with Crippen LogP contribution >= 0.6 is 23.1 Å². The molecule has 2 fully saturated rings. The molecule has 4 nitrogen and oxygen atoms in total. The third kappa shape index (κ3) is 3.36. The molecule has 0 unspecified atom stereocenters. The lowest BCUT2D eigenvalue weighted by molar-refractivity contribution is -0.145. The molecule has 1 atom stereocenters. The molecule has 0 N–H and O–H groups in total. The molecular weight excluding hydrogens is 340 g/mol. The molecule has 3 heterocycles. The number of carbonyl (C=O) groups is 2. The van der Waals surface area contributed by atoms with Gasteiger partial charge in [0.2, 0.25) is 5.91 Å². The molecule has 132 valence electrons. The van der Waals surface area contributed by atoms with Gasteiger partial charge in [0.05, 0.1) is 14.5 Å². The number of carbonyl (C=O) groups excluding carboxylic acids is 2. The second kappa shape index (κ2) is 7.48. The Morgan fingerprint density at radius 2 is 2.12 bits per heavy atom. The predicted molar refractivity (Wildman–Crippen MR) is 99.8 cm³/mol.